The van der Waals surface area contributed by atoms with E-state index in [-0.39, 0.29) is 11.3 Å². The molecule has 0 saturated carbocycles. The third-order valence-corrected chi connectivity index (χ3v) is 4.41. The summed E-state index contributed by atoms with van der Waals surface area (Å²) in [5.41, 5.74) is 2.86. The molecule has 2 aromatic rings. The van der Waals surface area contributed by atoms with E-state index in [2.05, 4.69) is 37.7 Å². The minimum absolute atomic E-state index is 0.0734. The summed E-state index contributed by atoms with van der Waals surface area (Å²) in [5, 5.41) is 3.01. The number of ether oxygens (including phenoxy) is 1. The van der Waals surface area contributed by atoms with Gasteiger partial charge in [0, 0.05) is 24.5 Å². The van der Waals surface area contributed by atoms with E-state index in [1.165, 1.54) is 5.56 Å². The third-order valence-electron chi connectivity index (χ3n) is 4.41. The van der Waals surface area contributed by atoms with Crippen LogP contribution in [-0.2, 0) is 10.2 Å². The van der Waals surface area contributed by atoms with Gasteiger partial charge in [-0.2, -0.15) is 0 Å². The number of nitrogens with zero attached hydrogens (tertiary/aromatic N) is 2. The third kappa shape index (κ3) is 5.41. The van der Waals surface area contributed by atoms with Gasteiger partial charge in [0.2, 0.25) is 11.8 Å². The summed E-state index contributed by atoms with van der Waals surface area (Å²) in [6.07, 6.45) is 3.45. The fourth-order valence-corrected chi connectivity index (χ4v) is 2.85. The van der Waals surface area contributed by atoms with Gasteiger partial charge in [0.15, 0.2) is 0 Å². The van der Waals surface area contributed by atoms with Crippen LogP contribution in [0.15, 0.2) is 55.3 Å². The Bertz CT molecular complexity index is 762. The monoisotopic (exact) mass is 367 g/mol. The van der Waals surface area contributed by atoms with Crippen LogP contribution in [0.4, 0.5) is 5.69 Å². The zero-order valence-electron chi connectivity index (χ0n) is 16.8. The molecule has 1 N–H and O–H groups in total. The molecule has 0 fully saturated rings. The highest BCUT2D eigenvalue weighted by atomic mass is 16.5. The zero-order chi connectivity index (χ0) is 20.0. The van der Waals surface area contributed by atoms with E-state index in [9.17, 15) is 4.79 Å². The summed E-state index contributed by atoms with van der Waals surface area (Å²) in [5.74, 6) is 0.400. The number of anilines is 1. The molecule has 0 spiro atoms. The van der Waals surface area contributed by atoms with Crippen LogP contribution in [0.1, 0.15) is 37.9 Å². The number of pyridine rings is 1. The van der Waals surface area contributed by atoms with Crippen molar-refractivity contribution in [1.29, 1.82) is 0 Å². The first-order chi connectivity index (χ1) is 12.8. The maximum Gasteiger partial charge on any atom is 0.246 e. The first kappa shape index (κ1) is 20.6. The van der Waals surface area contributed by atoms with Gasteiger partial charge in [0.1, 0.15) is 6.04 Å². The van der Waals surface area contributed by atoms with Gasteiger partial charge < -0.3 is 10.1 Å². The van der Waals surface area contributed by atoms with Crippen molar-refractivity contribution in [3.63, 3.8) is 0 Å². The summed E-state index contributed by atoms with van der Waals surface area (Å²) >= 11 is 0. The molecule has 2 rings (SSSR count). The van der Waals surface area contributed by atoms with Crippen LogP contribution in [-0.4, -0.2) is 36.5 Å². The maximum atomic E-state index is 13.0. The molecule has 0 aliphatic rings. The normalized spacial score (nSPS) is 12.5. The Kier molecular flexibility index (Phi) is 6.75. The fourth-order valence-electron chi connectivity index (χ4n) is 2.85. The number of benzene rings is 1. The molecule has 27 heavy (non-hydrogen) atoms. The number of likely N-dealkylation sites (N-methyl/N-ethyl adjacent to an activating group) is 1. The smallest absolute Gasteiger partial charge is 0.246 e. The van der Waals surface area contributed by atoms with Crippen LogP contribution in [0.25, 0.3) is 0 Å². The molecule has 0 saturated heterocycles. The second kappa shape index (κ2) is 8.82. The molecule has 0 radical (unpaired) electrons. The summed E-state index contributed by atoms with van der Waals surface area (Å²) in [6, 6.07) is 11.1. The number of methoxy groups -OCH3 is 1. The van der Waals surface area contributed by atoms with Crippen molar-refractivity contribution in [1.82, 2.24) is 9.88 Å². The van der Waals surface area contributed by atoms with Gasteiger partial charge in [-0.05, 0) is 35.7 Å². The lowest BCUT2D eigenvalue weighted by Crippen LogP contribution is -2.35. The second-order valence-corrected chi connectivity index (χ2v) is 7.58. The molecule has 0 unspecified atom stereocenters. The number of rotatable bonds is 7. The van der Waals surface area contributed by atoms with Gasteiger partial charge in [0.25, 0.3) is 0 Å². The number of carbonyl (C=O) groups excluding carboxylic acids is 1. The lowest BCUT2D eigenvalue weighted by atomic mass is 9.87. The fraction of sp³-hybridized carbons (Fsp3) is 0.364. The molecule has 1 heterocycles. The number of nitrogens with one attached hydrogen (secondary N) is 1. The Hall–Kier alpha value is -2.66. The van der Waals surface area contributed by atoms with Crippen molar-refractivity contribution in [2.24, 2.45) is 0 Å². The van der Waals surface area contributed by atoms with Crippen molar-refractivity contribution in [2.45, 2.75) is 32.2 Å². The van der Waals surface area contributed by atoms with E-state index < -0.39 is 6.04 Å². The highest BCUT2D eigenvalue weighted by Crippen LogP contribution is 2.25. The SMILES string of the molecule is C=CCN(C)[C@H](C(=O)Nc1ccc(C(C)(C)C)cc1)c1ccc(OC)nc1. The average Bonchev–Trinajstić information content (AvgIpc) is 2.62. The molecule has 1 aromatic carbocycles. The zero-order valence-corrected chi connectivity index (χ0v) is 16.8. The van der Waals surface area contributed by atoms with Crippen LogP contribution >= 0.6 is 0 Å². The predicted molar refractivity (Wildman–Crippen MR) is 110 cm³/mol. The summed E-state index contributed by atoms with van der Waals surface area (Å²) < 4.78 is 5.11. The highest BCUT2D eigenvalue weighted by molar-refractivity contribution is 5.95. The first-order valence-electron chi connectivity index (χ1n) is 8.98. The number of amides is 1. The molecule has 144 valence electrons. The molecular weight excluding hydrogens is 338 g/mol. The van der Waals surface area contributed by atoms with Gasteiger partial charge >= 0.3 is 0 Å². The minimum Gasteiger partial charge on any atom is -0.481 e. The van der Waals surface area contributed by atoms with E-state index in [0.29, 0.717) is 12.4 Å². The largest absolute Gasteiger partial charge is 0.481 e. The van der Waals surface area contributed by atoms with Gasteiger partial charge in [-0.25, -0.2) is 4.98 Å². The topological polar surface area (TPSA) is 54.5 Å². The molecule has 1 amide bonds. The number of hydrogen-bond acceptors (Lipinski definition) is 4. The number of aromatic nitrogens is 1. The first-order valence-corrected chi connectivity index (χ1v) is 8.98. The van der Waals surface area contributed by atoms with E-state index in [1.54, 1.807) is 25.4 Å². The summed E-state index contributed by atoms with van der Waals surface area (Å²) in [6.45, 7) is 10.8. The van der Waals surface area contributed by atoms with Gasteiger partial charge in [-0.1, -0.05) is 45.0 Å². The Labute approximate surface area is 162 Å². The van der Waals surface area contributed by atoms with E-state index >= 15 is 0 Å². The molecule has 0 aliphatic heterocycles. The number of hydrogen-bond donors (Lipinski definition) is 1. The van der Waals surface area contributed by atoms with Gasteiger partial charge in [-0.15, -0.1) is 6.58 Å². The molecule has 1 aromatic heterocycles. The Morgan fingerprint density at radius 1 is 1.26 bits per heavy atom. The maximum absolute atomic E-state index is 13.0. The van der Waals surface area contributed by atoms with Crippen LogP contribution in [0.3, 0.4) is 0 Å². The van der Waals surface area contributed by atoms with Gasteiger partial charge in [0.05, 0.1) is 7.11 Å². The summed E-state index contributed by atoms with van der Waals surface area (Å²) in [4.78, 5) is 19.2. The highest BCUT2D eigenvalue weighted by Gasteiger charge is 2.25. The van der Waals surface area contributed by atoms with Crippen LogP contribution < -0.4 is 10.1 Å². The standard InChI is InChI=1S/C22H29N3O2/c1-7-14-25(5)20(16-8-13-19(27-6)23-15-16)21(26)24-18-11-9-17(10-12-18)22(2,3)4/h7-13,15,20H,1,14H2,2-6H3,(H,24,26)/t20-/m0/s1. The van der Waals surface area contributed by atoms with Crippen LogP contribution in [0.5, 0.6) is 5.88 Å². The molecule has 0 bridgehead atoms. The second-order valence-electron chi connectivity index (χ2n) is 7.58. The van der Waals surface area contributed by atoms with Crippen molar-refractivity contribution in [2.75, 3.05) is 26.0 Å². The molecule has 0 aliphatic carbocycles. The van der Waals surface area contributed by atoms with Crippen molar-refractivity contribution < 1.29 is 9.53 Å². The van der Waals surface area contributed by atoms with Crippen molar-refractivity contribution in [3.8, 4) is 5.88 Å². The van der Waals surface area contributed by atoms with Crippen molar-refractivity contribution >= 4 is 11.6 Å². The lowest BCUT2D eigenvalue weighted by molar-refractivity contribution is -0.120. The number of carbonyl (C=O) groups is 1. The van der Waals surface area contributed by atoms with Crippen molar-refractivity contribution in [3.05, 3.63) is 66.4 Å². The van der Waals surface area contributed by atoms with Crippen LogP contribution in [0.2, 0.25) is 0 Å². The van der Waals surface area contributed by atoms with E-state index in [4.69, 9.17) is 4.74 Å². The molecule has 1 atom stereocenters. The average molecular weight is 367 g/mol. The van der Waals surface area contributed by atoms with E-state index in [1.807, 2.05) is 42.3 Å². The minimum atomic E-state index is -0.483. The van der Waals surface area contributed by atoms with Gasteiger partial charge in [-0.3, -0.25) is 9.69 Å². The Morgan fingerprint density at radius 3 is 2.41 bits per heavy atom. The molecule has 5 nitrogen and oxygen atoms in total. The molecule has 5 heteroatoms. The molecular formula is C22H29N3O2. The lowest BCUT2D eigenvalue weighted by Gasteiger charge is -2.26. The Morgan fingerprint density at radius 2 is 1.93 bits per heavy atom. The Balaban J connectivity index is 2.23. The predicted octanol–water partition coefficient (Wildman–Crippen LogP) is 4.19. The summed E-state index contributed by atoms with van der Waals surface area (Å²) in [7, 11) is 3.45. The quantitative estimate of drug-likeness (QED) is 0.746. The van der Waals surface area contributed by atoms with Crippen LogP contribution in [0, 0.1) is 0 Å². The van der Waals surface area contributed by atoms with E-state index in [0.717, 1.165) is 11.3 Å².